The molecule has 1 aromatic heterocycles. The van der Waals surface area contributed by atoms with Gasteiger partial charge >= 0.3 is 5.69 Å². The Hall–Kier alpha value is -3.61. The van der Waals surface area contributed by atoms with E-state index in [2.05, 4.69) is 5.32 Å². The average molecular weight is 393 g/mol. The highest BCUT2D eigenvalue weighted by Crippen LogP contribution is 2.12. The summed E-state index contributed by atoms with van der Waals surface area (Å²) in [6.07, 6.45) is 1.46. The molecule has 0 aliphatic carbocycles. The highest BCUT2D eigenvalue weighted by molar-refractivity contribution is 5.75. The first-order chi connectivity index (χ1) is 14.0. The minimum atomic E-state index is -0.516. The molecule has 29 heavy (non-hydrogen) atoms. The molecule has 1 amide bonds. The van der Waals surface area contributed by atoms with E-state index in [0.29, 0.717) is 12.3 Å². The van der Waals surface area contributed by atoms with Gasteiger partial charge in [0.05, 0.1) is 13.7 Å². The smallest absolute Gasteiger partial charge is 0.331 e. The summed E-state index contributed by atoms with van der Waals surface area (Å²) in [5, 5.41) is 2.73. The zero-order chi connectivity index (χ0) is 20.8. The van der Waals surface area contributed by atoms with Crippen molar-refractivity contribution in [1.82, 2.24) is 14.5 Å². The number of nitrogens with zero attached hydrogens (tertiary/aromatic N) is 2. The lowest BCUT2D eigenvalue weighted by Gasteiger charge is -2.12. The number of benzene rings is 2. The number of hydrogen-bond donors (Lipinski definition) is 1. The van der Waals surface area contributed by atoms with Gasteiger partial charge in [0.15, 0.2) is 0 Å². The summed E-state index contributed by atoms with van der Waals surface area (Å²) in [6, 6.07) is 16.3. The molecule has 0 bridgehead atoms. The van der Waals surface area contributed by atoms with Crippen LogP contribution in [0.3, 0.4) is 0 Å². The van der Waals surface area contributed by atoms with Crippen molar-refractivity contribution in [3.8, 4) is 5.75 Å². The number of hydrogen-bond acceptors (Lipinski definition) is 4. The van der Waals surface area contributed by atoms with Gasteiger partial charge in [-0.15, -0.1) is 0 Å². The van der Waals surface area contributed by atoms with E-state index in [9.17, 15) is 14.4 Å². The molecule has 0 saturated heterocycles. The number of methoxy groups -OCH3 is 1. The number of aromatic nitrogens is 2. The summed E-state index contributed by atoms with van der Waals surface area (Å²) in [4.78, 5) is 37.2. The molecule has 0 fully saturated rings. The second-order valence-corrected chi connectivity index (χ2v) is 6.71. The molecule has 3 rings (SSSR count). The molecule has 7 nitrogen and oxygen atoms in total. The first-order valence-corrected chi connectivity index (χ1v) is 9.22. The van der Waals surface area contributed by atoms with Crippen LogP contribution in [0.5, 0.6) is 5.75 Å². The van der Waals surface area contributed by atoms with E-state index in [1.54, 1.807) is 7.11 Å². The molecule has 3 aromatic rings. The Balaban J connectivity index is 1.73. The van der Waals surface area contributed by atoms with E-state index in [4.69, 9.17) is 4.74 Å². The summed E-state index contributed by atoms with van der Waals surface area (Å²) in [5.74, 6) is 0.274. The number of carbonyl (C=O) groups is 1. The van der Waals surface area contributed by atoms with Crippen molar-refractivity contribution in [3.63, 3.8) is 0 Å². The molecule has 7 heteroatoms. The normalized spacial score (nSPS) is 10.6. The van der Waals surface area contributed by atoms with Crippen LogP contribution in [0, 0.1) is 6.92 Å². The van der Waals surface area contributed by atoms with Crippen molar-refractivity contribution in [2.24, 2.45) is 0 Å². The van der Waals surface area contributed by atoms with Crippen molar-refractivity contribution >= 4 is 5.91 Å². The predicted octanol–water partition coefficient (Wildman–Crippen LogP) is 1.69. The fourth-order valence-corrected chi connectivity index (χ4v) is 2.98. The SMILES string of the molecule is COc1cccc(CNC(=O)Cn2c(=O)ccn(Cc3ccccc3C)c2=O)c1. The number of carbonyl (C=O) groups excluding carboxylic acids is 1. The van der Waals surface area contributed by atoms with E-state index in [-0.39, 0.29) is 13.1 Å². The van der Waals surface area contributed by atoms with Crippen molar-refractivity contribution in [1.29, 1.82) is 0 Å². The molecule has 0 spiro atoms. The van der Waals surface area contributed by atoms with Gasteiger partial charge in [0.25, 0.3) is 5.56 Å². The van der Waals surface area contributed by atoms with Crippen molar-refractivity contribution in [2.75, 3.05) is 7.11 Å². The summed E-state index contributed by atoms with van der Waals surface area (Å²) in [7, 11) is 1.57. The lowest BCUT2D eigenvalue weighted by atomic mass is 10.1. The maximum Gasteiger partial charge on any atom is 0.331 e. The van der Waals surface area contributed by atoms with Crippen LogP contribution in [-0.2, 0) is 24.4 Å². The van der Waals surface area contributed by atoms with Gasteiger partial charge in [-0.25, -0.2) is 4.79 Å². The maximum absolute atomic E-state index is 12.7. The first kappa shape index (κ1) is 20.1. The molecular formula is C22H23N3O4. The second-order valence-electron chi connectivity index (χ2n) is 6.71. The minimum absolute atomic E-state index is 0.273. The van der Waals surface area contributed by atoms with Crippen LogP contribution in [-0.4, -0.2) is 22.2 Å². The summed E-state index contributed by atoms with van der Waals surface area (Å²) >= 11 is 0. The third-order valence-electron chi connectivity index (χ3n) is 4.67. The lowest BCUT2D eigenvalue weighted by molar-refractivity contribution is -0.121. The molecule has 0 radical (unpaired) electrons. The zero-order valence-electron chi connectivity index (χ0n) is 16.4. The Morgan fingerprint density at radius 1 is 1.07 bits per heavy atom. The molecule has 0 aliphatic rings. The Morgan fingerprint density at radius 2 is 1.86 bits per heavy atom. The number of rotatable bonds is 7. The molecule has 2 aromatic carbocycles. The summed E-state index contributed by atoms with van der Waals surface area (Å²) in [6.45, 7) is 2.23. The van der Waals surface area contributed by atoms with Crippen molar-refractivity contribution < 1.29 is 9.53 Å². The highest BCUT2D eigenvalue weighted by atomic mass is 16.5. The minimum Gasteiger partial charge on any atom is -0.497 e. The van der Waals surface area contributed by atoms with Crippen LogP contribution < -0.4 is 21.3 Å². The van der Waals surface area contributed by atoms with Crippen LogP contribution in [0.25, 0.3) is 0 Å². The van der Waals surface area contributed by atoms with Crippen LogP contribution in [0.4, 0.5) is 0 Å². The predicted molar refractivity (Wildman–Crippen MR) is 110 cm³/mol. The third kappa shape index (κ3) is 5.01. The number of nitrogens with one attached hydrogen (secondary N) is 1. The van der Waals surface area contributed by atoms with E-state index < -0.39 is 17.2 Å². The van der Waals surface area contributed by atoms with Gasteiger partial charge in [-0.3, -0.25) is 18.7 Å². The summed E-state index contributed by atoms with van der Waals surface area (Å²) < 4.78 is 7.53. The van der Waals surface area contributed by atoms with Gasteiger partial charge < -0.3 is 10.1 Å². The number of ether oxygens (including phenoxy) is 1. The maximum atomic E-state index is 12.7. The zero-order valence-corrected chi connectivity index (χ0v) is 16.4. The van der Waals surface area contributed by atoms with Gasteiger partial charge in [-0.2, -0.15) is 0 Å². The Bertz CT molecular complexity index is 1130. The van der Waals surface area contributed by atoms with E-state index in [0.717, 1.165) is 21.3 Å². The van der Waals surface area contributed by atoms with Gasteiger partial charge in [0.1, 0.15) is 12.3 Å². The Morgan fingerprint density at radius 3 is 2.62 bits per heavy atom. The highest BCUT2D eigenvalue weighted by Gasteiger charge is 2.11. The fourth-order valence-electron chi connectivity index (χ4n) is 2.98. The van der Waals surface area contributed by atoms with Gasteiger partial charge in [0, 0.05) is 18.8 Å². The van der Waals surface area contributed by atoms with E-state index >= 15 is 0 Å². The molecule has 1 N–H and O–H groups in total. The quantitative estimate of drug-likeness (QED) is 0.662. The molecular weight excluding hydrogens is 370 g/mol. The van der Waals surface area contributed by atoms with Gasteiger partial charge in [-0.1, -0.05) is 36.4 Å². The number of amides is 1. The summed E-state index contributed by atoms with van der Waals surface area (Å²) in [5.41, 5.74) is 1.86. The van der Waals surface area contributed by atoms with Crippen LogP contribution in [0.15, 0.2) is 70.4 Å². The number of aryl methyl sites for hydroxylation is 1. The van der Waals surface area contributed by atoms with E-state index in [1.807, 2.05) is 55.5 Å². The van der Waals surface area contributed by atoms with Crippen molar-refractivity contribution in [2.45, 2.75) is 26.6 Å². The monoisotopic (exact) mass is 393 g/mol. The first-order valence-electron chi connectivity index (χ1n) is 9.22. The molecule has 1 heterocycles. The lowest BCUT2D eigenvalue weighted by Crippen LogP contribution is -2.43. The molecule has 0 aliphatic heterocycles. The average Bonchev–Trinajstić information content (AvgIpc) is 2.73. The molecule has 150 valence electrons. The third-order valence-corrected chi connectivity index (χ3v) is 4.67. The van der Waals surface area contributed by atoms with Crippen LogP contribution >= 0.6 is 0 Å². The Kier molecular flexibility index (Phi) is 6.29. The fraction of sp³-hybridized carbons (Fsp3) is 0.227. The van der Waals surface area contributed by atoms with Gasteiger partial charge in [-0.05, 0) is 35.7 Å². The Labute approximate surface area is 168 Å². The molecule has 0 unspecified atom stereocenters. The molecule has 0 saturated carbocycles. The van der Waals surface area contributed by atoms with E-state index in [1.165, 1.54) is 16.8 Å². The molecule has 0 atom stereocenters. The van der Waals surface area contributed by atoms with Crippen LogP contribution in [0.2, 0.25) is 0 Å². The second kappa shape index (κ2) is 9.05. The van der Waals surface area contributed by atoms with Crippen molar-refractivity contribution in [3.05, 3.63) is 98.3 Å². The standard InChI is InChI=1S/C22H23N3O4/c1-16-6-3-4-8-18(16)14-24-11-10-21(27)25(22(24)28)15-20(26)23-13-17-7-5-9-19(12-17)29-2/h3-12H,13-15H2,1-2H3,(H,23,26). The van der Waals surface area contributed by atoms with Crippen LogP contribution in [0.1, 0.15) is 16.7 Å². The topological polar surface area (TPSA) is 82.3 Å². The van der Waals surface area contributed by atoms with Gasteiger partial charge in [0.2, 0.25) is 5.91 Å². The largest absolute Gasteiger partial charge is 0.497 e.